The summed E-state index contributed by atoms with van der Waals surface area (Å²) < 4.78 is 76.0. The number of carbonyl (C=O) groups is 1. The van der Waals surface area contributed by atoms with Crippen molar-refractivity contribution in [3.05, 3.63) is 34.9 Å². The smallest absolute Gasteiger partial charge is 0.420 e. The molecule has 0 spiro atoms. The fourth-order valence-corrected chi connectivity index (χ4v) is 1.48. The minimum absolute atomic E-state index is 0.124. The Kier molecular flexibility index (Phi) is 4.02. The predicted molar refractivity (Wildman–Crippen MR) is 54.8 cm³/mol. The molecule has 0 atom stereocenters. The molecule has 0 saturated heterocycles. The van der Waals surface area contributed by atoms with Gasteiger partial charge in [0.1, 0.15) is 11.3 Å². The number of carboxylic acid groups (broad SMARTS) is 1. The van der Waals surface area contributed by atoms with Gasteiger partial charge in [0.05, 0.1) is 5.56 Å². The summed E-state index contributed by atoms with van der Waals surface area (Å²) in [6.07, 6.45) is -10.1. The summed E-state index contributed by atoms with van der Waals surface area (Å²) in [4.78, 5) is 10.3. The van der Waals surface area contributed by atoms with Gasteiger partial charge in [0, 0.05) is 11.6 Å². The Balaban J connectivity index is 3.69. The highest BCUT2D eigenvalue weighted by molar-refractivity contribution is 5.86. The third kappa shape index (κ3) is 3.43. The molecule has 0 aliphatic rings. The van der Waals surface area contributed by atoms with E-state index in [1.54, 1.807) is 0 Å². The number of phenols is 1. The number of rotatable bonds is 2. The van der Waals surface area contributed by atoms with Crippen LogP contribution in [0.25, 0.3) is 6.08 Å². The van der Waals surface area contributed by atoms with Gasteiger partial charge in [-0.25, -0.2) is 4.79 Å². The zero-order valence-electron chi connectivity index (χ0n) is 9.38. The van der Waals surface area contributed by atoms with Crippen LogP contribution >= 0.6 is 0 Å². The second kappa shape index (κ2) is 5.06. The van der Waals surface area contributed by atoms with E-state index in [1.807, 2.05) is 0 Å². The molecule has 0 fully saturated rings. The summed E-state index contributed by atoms with van der Waals surface area (Å²) in [7, 11) is 0. The largest absolute Gasteiger partial charge is 0.507 e. The minimum Gasteiger partial charge on any atom is -0.507 e. The summed E-state index contributed by atoms with van der Waals surface area (Å²) in [5, 5.41) is 17.4. The fourth-order valence-electron chi connectivity index (χ4n) is 1.48. The van der Waals surface area contributed by atoms with Crippen LogP contribution in [0.3, 0.4) is 0 Å². The van der Waals surface area contributed by atoms with Gasteiger partial charge in [-0.2, -0.15) is 26.3 Å². The molecule has 110 valence electrons. The first kappa shape index (κ1) is 15.9. The lowest BCUT2D eigenvalue weighted by Crippen LogP contribution is -2.15. The molecule has 0 aromatic heterocycles. The van der Waals surface area contributed by atoms with Crippen LogP contribution in [0.5, 0.6) is 5.75 Å². The van der Waals surface area contributed by atoms with E-state index in [9.17, 15) is 31.1 Å². The summed E-state index contributed by atoms with van der Waals surface area (Å²) in [6.45, 7) is 0. The van der Waals surface area contributed by atoms with Crippen LogP contribution in [0.1, 0.15) is 16.7 Å². The van der Waals surface area contributed by atoms with Crippen molar-refractivity contribution in [3.8, 4) is 5.75 Å². The maximum atomic E-state index is 12.7. The standard InChI is InChI=1S/C11H6F6O3/c12-10(13,14)6-2-3-7(18)9(11(15,16)17)5(6)1-4-8(19)20/h1-4,18H,(H,19,20)/b4-1+. The van der Waals surface area contributed by atoms with Crippen molar-refractivity contribution in [1.29, 1.82) is 0 Å². The normalized spacial score (nSPS) is 12.9. The Bertz CT molecular complexity index is 557. The summed E-state index contributed by atoms with van der Waals surface area (Å²) in [5.74, 6) is -3.15. The molecule has 0 amide bonds. The molecule has 0 heterocycles. The average molecular weight is 300 g/mol. The fraction of sp³-hybridized carbons (Fsp3) is 0.182. The average Bonchev–Trinajstić information content (AvgIpc) is 2.22. The second-order valence-electron chi connectivity index (χ2n) is 3.59. The van der Waals surface area contributed by atoms with Crippen LogP contribution in [0.4, 0.5) is 26.3 Å². The predicted octanol–water partition coefficient (Wildman–Crippen LogP) is 3.53. The summed E-state index contributed by atoms with van der Waals surface area (Å²) in [6, 6.07) is 0.496. The molecule has 0 aliphatic heterocycles. The summed E-state index contributed by atoms with van der Waals surface area (Å²) >= 11 is 0. The molecular formula is C11H6F6O3. The van der Waals surface area contributed by atoms with Gasteiger partial charge >= 0.3 is 18.3 Å². The number of phenolic OH excluding ortho intramolecular Hbond substituents is 1. The van der Waals surface area contributed by atoms with Crippen LogP contribution in [-0.2, 0) is 17.1 Å². The Morgan fingerprint density at radius 3 is 2.00 bits per heavy atom. The maximum Gasteiger partial charge on any atom is 0.420 e. The first-order valence-corrected chi connectivity index (χ1v) is 4.86. The molecule has 0 saturated carbocycles. The molecule has 0 bridgehead atoms. The number of carboxylic acids is 1. The molecular weight excluding hydrogens is 294 g/mol. The van der Waals surface area contributed by atoms with Crippen LogP contribution < -0.4 is 0 Å². The number of hydrogen-bond acceptors (Lipinski definition) is 2. The van der Waals surface area contributed by atoms with Crippen LogP contribution in [0.15, 0.2) is 18.2 Å². The van der Waals surface area contributed by atoms with Crippen LogP contribution in [0.2, 0.25) is 0 Å². The molecule has 0 radical (unpaired) electrons. The zero-order chi connectivity index (χ0) is 15.7. The molecule has 0 unspecified atom stereocenters. The van der Waals surface area contributed by atoms with Crippen molar-refractivity contribution >= 4 is 12.0 Å². The molecule has 2 N–H and O–H groups in total. The van der Waals surface area contributed by atoms with Gasteiger partial charge in [0.2, 0.25) is 0 Å². The number of alkyl halides is 6. The Hall–Kier alpha value is -2.19. The first-order chi connectivity index (χ1) is 8.94. The van der Waals surface area contributed by atoms with E-state index in [4.69, 9.17) is 10.2 Å². The van der Waals surface area contributed by atoms with Gasteiger partial charge in [-0.1, -0.05) is 0 Å². The number of aliphatic carboxylic acids is 1. The molecule has 0 aliphatic carbocycles. The quantitative estimate of drug-likeness (QED) is 0.649. The van der Waals surface area contributed by atoms with E-state index < -0.39 is 40.8 Å². The Morgan fingerprint density at radius 1 is 1.05 bits per heavy atom. The van der Waals surface area contributed by atoms with Gasteiger partial charge < -0.3 is 10.2 Å². The number of aromatic hydroxyl groups is 1. The van der Waals surface area contributed by atoms with Crippen molar-refractivity contribution in [2.24, 2.45) is 0 Å². The highest BCUT2D eigenvalue weighted by Gasteiger charge is 2.42. The van der Waals surface area contributed by atoms with Gasteiger partial charge in [-0.3, -0.25) is 0 Å². The lowest BCUT2D eigenvalue weighted by Gasteiger charge is -2.17. The van der Waals surface area contributed by atoms with E-state index in [0.29, 0.717) is 0 Å². The lowest BCUT2D eigenvalue weighted by atomic mass is 9.98. The SMILES string of the molecule is O=C(O)/C=C/c1c(C(F)(F)F)ccc(O)c1C(F)(F)F. The molecule has 9 heteroatoms. The Morgan fingerprint density at radius 2 is 1.60 bits per heavy atom. The van der Waals surface area contributed by atoms with Crippen molar-refractivity contribution < 1.29 is 41.4 Å². The molecule has 1 aromatic carbocycles. The highest BCUT2D eigenvalue weighted by Crippen LogP contribution is 2.44. The topological polar surface area (TPSA) is 57.5 Å². The molecule has 3 nitrogen and oxygen atoms in total. The monoisotopic (exact) mass is 300 g/mol. The van der Waals surface area contributed by atoms with E-state index in [2.05, 4.69) is 0 Å². The van der Waals surface area contributed by atoms with Crippen molar-refractivity contribution in [1.82, 2.24) is 0 Å². The molecule has 20 heavy (non-hydrogen) atoms. The second-order valence-corrected chi connectivity index (χ2v) is 3.59. The van der Waals surface area contributed by atoms with E-state index >= 15 is 0 Å². The zero-order valence-corrected chi connectivity index (χ0v) is 9.38. The molecule has 1 rings (SSSR count). The lowest BCUT2D eigenvalue weighted by molar-refractivity contribution is -0.144. The third-order valence-electron chi connectivity index (χ3n) is 2.20. The van der Waals surface area contributed by atoms with Crippen molar-refractivity contribution in [3.63, 3.8) is 0 Å². The van der Waals surface area contributed by atoms with Crippen molar-refractivity contribution in [2.45, 2.75) is 12.4 Å². The van der Waals surface area contributed by atoms with Crippen LogP contribution in [-0.4, -0.2) is 16.2 Å². The number of hydrogen-bond donors (Lipinski definition) is 2. The Labute approximate surface area is 107 Å². The highest BCUT2D eigenvalue weighted by atomic mass is 19.4. The number of halogens is 6. The van der Waals surface area contributed by atoms with Crippen molar-refractivity contribution in [2.75, 3.05) is 0 Å². The van der Waals surface area contributed by atoms with Gasteiger partial charge in [0.15, 0.2) is 0 Å². The summed E-state index contributed by atoms with van der Waals surface area (Å²) in [5.41, 5.74) is -5.09. The van der Waals surface area contributed by atoms with Gasteiger partial charge in [0.25, 0.3) is 0 Å². The maximum absolute atomic E-state index is 12.7. The number of benzene rings is 1. The van der Waals surface area contributed by atoms with Crippen LogP contribution in [0, 0.1) is 0 Å². The van der Waals surface area contributed by atoms with Gasteiger partial charge in [-0.15, -0.1) is 0 Å². The molecule has 1 aromatic rings. The minimum atomic E-state index is -5.27. The van der Waals surface area contributed by atoms with E-state index in [0.717, 1.165) is 0 Å². The first-order valence-electron chi connectivity index (χ1n) is 4.86. The van der Waals surface area contributed by atoms with E-state index in [-0.39, 0.29) is 24.3 Å². The third-order valence-corrected chi connectivity index (χ3v) is 2.20. The van der Waals surface area contributed by atoms with Gasteiger partial charge in [-0.05, 0) is 18.2 Å². The van der Waals surface area contributed by atoms with E-state index in [1.165, 1.54) is 0 Å².